The van der Waals surface area contributed by atoms with Crippen LogP contribution in [0.15, 0.2) is 4.99 Å². The molecule has 7 heteroatoms. The van der Waals surface area contributed by atoms with Crippen LogP contribution in [-0.2, 0) is 4.74 Å². The van der Waals surface area contributed by atoms with Gasteiger partial charge in [0.15, 0.2) is 0 Å². The van der Waals surface area contributed by atoms with Crippen molar-refractivity contribution in [3.05, 3.63) is 0 Å². The first-order valence-electron chi connectivity index (χ1n) is 4.00. The minimum atomic E-state index is -0.306. The van der Waals surface area contributed by atoms with E-state index in [1.54, 1.807) is 12.0 Å². The minimum Gasteiger partial charge on any atom is -0.369 e. The fourth-order valence-electron chi connectivity index (χ4n) is 0.920. The average Bonchev–Trinajstić information content (AvgIpc) is 2.03. The molecule has 14 heavy (non-hydrogen) atoms. The van der Waals surface area contributed by atoms with Crippen molar-refractivity contribution in [1.82, 2.24) is 4.90 Å². The van der Waals surface area contributed by atoms with Crippen LogP contribution in [0.5, 0.6) is 0 Å². The maximum atomic E-state index is 6.93. The van der Waals surface area contributed by atoms with Crippen molar-refractivity contribution >= 4 is 24.3 Å². The fourth-order valence-corrected chi connectivity index (χ4v) is 0.920. The fraction of sp³-hybridized carbons (Fsp3) is 0.714. The number of nitrogens with zero attached hydrogens (tertiary/aromatic N) is 2. The monoisotopic (exact) mass is 223 g/mol. The summed E-state index contributed by atoms with van der Waals surface area (Å²) in [6.07, 6.45) is -0.173. The van der Waals surface area contributed by atoms with E-state index < -0.39 is 0 Å². The van der Waals surface area contributed by atoms with Gasteiger partial charge in [-0.05, 0) is 13.8 Å². The molecular formula is C7H18ClN5O. The van der Waals surface area contributed by atoms with Crippen LogP contribution in [0.3, 0.4) is 0 Å². The van der Waals surface area contributed by atoms with Crippen molar-refractivity contribution < 1.29 is 4.74 Å². The largest absolute Gasteiger partial charge is 0.369 e. The molecule has 0 radical (unpaired) electrons. The van der Waals surface area contributed by atoms with E-state index in [4.69, 9.17) is 21.6 Å². The Balaban J connectivity index is 0. The van der Waals surface area contributed by atoms with E-state index in [0.717, 1.165) is 0 Å². The topological polar surface area (TPSA) is 101 Å². The first kappa shape index (κ1) is 15.5. The number of aliphatic imine (C=N–C) groups is 1. The quantitative estimate of drug-likeness (QED) is 0.354. The smallest absolute Gasteiger partial charge is 0.215 e. The van der Waals surface area contributed by atoms with E-state index in [9.17, 15) is 0 Å². The predicted molar refractivity (Wildman–Crippen MR) is 59.6 cm³/mol. The number of hydrogen-bond acceptors (Lipinski definition) is 2. The summed E-state index contributed by atoms with van der Waals surface area (Å²) >= 11 is 0. The number of guanidine groups is 2. The Morgan fingerprint density at radius 2 is 2.07 bits per heavy atom. The Morgan fingerprint density at radius 3 is 2.36 bits per heavy atom. The number of hydrogen-bond donors (Lipinski definition) is 3. The van der Waals surface area contributed by atoms with Crippen LogP contribution in [0, 0.1) is 5.41 Å². The van der Waals surface area contributed by atoms with Gasteiger partial charge < -0.3 is 21.1 Å². The molecule has 84 valence electrons. The third-order valence-corrected chi connectivity index (χ3v) is 1.65. The highest BCUT2D eigenvalue weighted by molar-refractivity contribution is 5.91. The standard InChI is InChI=1S/C7H17N5O.ClH/c1-4-12(5(2)13-3)7(10)11-6(8)9;/h5H,4H2,1-3H3,(H5,8,9,10,11);1H. The maximum Gasteiger partial charge on any atom is 0.215 e. The Labute approximate surface area is 90.2 Å². The van der Waals surface area contributed by atoms with Gasteiger partial charge in [0.1, 0.15) is 6.23 Å². The lowest BCUT2D eigenvalue weighted by molar-refractivity contribution is 0.0242. The van der Waals surface area contributed by atoms with Crippen LogP contribution >= 0.6 is 12.4 Å². The molecule has 0 bridgehead atoms. The first-order chi connectivity index (χ1) is 6.02. The van der Waals surface area contributed by atoms with Gasteiger partial charge in [0, 0.05) is 13.7 Å². The van der Waals surface area contributed by atoms with Crippen LogP contribution in [0.1, 0.15) is 13.8 Å². The van der Waals surface area contributed by atoms with Gasteiger partial charge in [-0.25, -0.2) is 0 Å². The third kappa shape index (κ3) is 4.88. The molecule has 5 N–H and O–H groups in total. The zero-order valence-corrected chi connectivity index (χ0v) is 9.47. The zero-order chi connectivity index (χ0) is 10.4. The Bertz CT molecular complexity index is 208. The van der Waals surface area contributed by atoms with E-state index in [-0.39, 0.29) is 30.6 Å². The Hall–Kier alpha value is -1.01. The molecule has 6 nitrogen and oxygen atoms in total. The van der Waals surface area contributed by atoms with Gasteiger partial charge in [-0.3, -0.25) is 5.41 Å². The highest BCUT2D eigenvalue weighted by atomic mass is 35.5. The lowest BCUT2D eigenvalue weighted by atomic mass is 10.5. The molecule has 0 aromatic carbocycles. The molecule has 0 aliphatic rings. The Kier molecular flexibility index (Phi) is 8.17. The summed E-state index contributed by atoms with van der Waals surface area (Å²) in [5, 5.41) is 6.93. The molecule has 0 amide bonds. The number of nitrogens with two attached hydrogens (primary N) is 2. The number of rotatable bonds is 3. The minimum absolute atomic E-state index is 0. The molecule has 0 heterocycles. The first-order valence-corrected chi connectivity index (χ1v) is 4.00. The van der Waals surface area contributed by atoms with Gasteiger partial charge >= 0.3 is 0 Å². The molecule has 0 rings (SSSR count). The van der Waals surface area contributed by atoms with Crippen LogP contribution < -0.4 is 11.5 Å². The SMILES string of the molecule is CCN(C(N)=NC(=N)N)C(C)OC.Cl. The summed E-state index contributed by atoms with van der Waals surface area (Å²) in [7, 11) is 1.58. The lowest BCUT2D eigenvalue weighted by Gasteiger charge is -2.27. The van der Waals surface area contributed by atoms with Crippen molar-refractivity contribution in [3.63, 3.8) is 0 Å². The molecule has 0 aromatic rings. The van der Waals surface area contributed by atoms with Crippen molar-refractivity contribution in [2.45, 2.75) is 20.1 Å². The summed E-state index contributed by atoms with van der Waals surface area (Å²) in [6, 6.07) is 0. The second-order valence-corrected chi connectivity index (χ2v) is 2.48. The van der Waals surface area contributed by atoms with Gasteiger partial charge in [0.05, 0.1) is 0 Å². The van der Waals surface area contributed by atoms with Crippen molar-refractivity contribution in [1.29, 1.82) is 5.41 Å². The molecule has 0 aliphatic carbocycles. The van der Waals surface area contributed by atoms with Crippen LogP contribution in [0.4, 0.5) is 0 Å². The molecule has 1 unspecified atom stereocenters. The maximum absolute atomic E-state index is 6.93. The second-order valence-electron chi connectivity index (χ2n) is 2.48. The number of nitrogens with one attached hydrogen (secondary N) is 1. The van der Waals surface area contributed by atoms with Crippen LogP contribution in [0.25, 0.3) is 0 Å². The number of ether oxygens (including phenoxy) is 1. The van der Waals surface area contributed by atoms with Gasteiger partial charge in [0.25, 0.3) is 0 Å². The summed E-state index contributed by atoms with van der Waals surface area (Å²) in [5.41, 5.74) is 10.7. The summed E-state index contributed by atoms with van der Waals surface area (Å²) < 4.78 is 5.06. The van der Waals surface area contributed by atoms with Crippen molar-refractivity contribution in [3.8, 4) is 0 Å². The van der Waals surface area contributed by atoms with Crippen LogP contribution in [-0.4, -0.2) is 36.7 Å². The van der Waals surface area contributed by atoms with Crippen molar-refractivity contribution in [2.75, 3.05) is 13.7 Å². The summed E-state index contributed by atoms with van der Waals surface area (Å²) in [6.45, 7) is 4.40. The second kappa shape index (κ2) is 7.40. The van der Waals surface area contributed by atoms with Gasteiger partial charge in [-0.15, -0.1) is 12.4 Å². The lowest BCUT2D eigenvalue weighted by Crippen LogP contribution is -2.44. The molecule has 0 aromatic heterocycles. The molecule has 0 saturated carbocycles. The number of halogens is 1. The highest BCUT2D eigenvalue weighted by Gasteiger charge is 2.12. The molecule has 0 aliphatic heterocycles. The molecule has 0 spiro atoms. The molecule has 0 fully saturated rings. The predicted octanol–water partition coefficient (Wildman–Crippen LogP) is -0.0693. The highest BCUT2D eigenvalue weighted by Crippen LogP contribution is 1.98. The van der Waals surface area contributed by atoms with E-state index in [1.807, 2.05) is 13.8 Å². The molecule has 1 atom stereocenters. The normalized spacial score (nSPS) is 12.9. The van der Waals surface area contributed by atoms with E-state index >= 15 is 0 Å². The number of methoxy groups -OCH3 is 1. The third-order valence-electron chi connectivity index (χ3n) is 1.65. The van der Waals surface area contributed by atoms with E-state index in [0.29, 0.717) is 6.54 Å². The van der Waals surface area contributed by atoms with Gasteiger partial charge in [-0.1, -0.05) is 0 Å². The van der Waals surface area contributed by atoms with Crippen LogP contribution in [0.2, 0.25) is 0 Å². The average molecular weight is 224 g/mol. The molecule has 0 saturated heterocycles. The van der Waals surface area contributed by atoms with Crippen molar-refractivity contribution in [2.24, 2.45) is 16.5 Å². The van der Waals surface area contributed by atoms with Gasteiger partial charge in [0.2, 0.25) is 11.9 Å². The van der Waals surface area contributed by atoms with E-state index in [2.05, 4.69) is 4.99 Å². The summed E-state index contributed by atoms with van der Waals surface area (Å²) in [5.74, 6) is -0.108. The van der Waals surface area contributed by atoms with E-state index in [1.165, 1.54) is 0 Å². The zero-order valence-electron chi connectivity index (χ0n) is 8.65. The summed E-state index contributed by atoms with van der Waals surface area (Å²) in [4.78, 5) is 5.31. The Morgan fingerprint density at radius 1 is 1.57 bits per heavy atom. The van der Waals surface area contributed by atoms with Gasteiger partial charge in [-0.2, -0.15) is 4.99 Å². The molecular weight excluding hydrogens is 206 g/mol.